The zero-order chi connectivity index (χ0) is 20.9. The summed E-state index contributed by atoms with van der Waals surface area (Å²) in [6.07, 6.45) is 8.05. The molecule has 1 saturated carbocycles. The molecule has 1 aliphatic carbocycles. The van der Waals surface area contributed by atoms with Crippen molar-refractivity contribution in [1.29, 1.82) is 0 Å². The van der Waals surface area contributed by atoms with Crippen LogP contribution in [0.1, 0.15) is 57.5 Å². The zero-order valence-corrected chi connectivity index (χ0v) is 17.1. The fraction of sp³-hybridized carbons (Fsp3) is 0.292. The molecule has 3 N–H and O–H groups in total. The number of aromatic amines is 1. The number of hydrogen-bond acceptors (Lipinski definition) is 3. The lowest BCUT2D eigenvalue weighted by molar-refractivity contribution is 0.0935. The number of nitrogens with zero attached hydrogens (tertiary/aromatic N) is 1. The van der Waals surface area contributed by atoms with Gasteiger partial charge in [0.25, 0.3) is 11.8 Å². The molecule has 2 amide bonds. The third-order valence-electron chi connectivity index (χ3n) is 5.64. The number of rotatable bonds is 6. The first kappa shape index (κ1) is 19.9. The predicted octanol–water partition coefficient (Wildman–Crippen LogP) is 3.99. The van der Waals surface area contributed by atoms with Gasteiger partial charge < -0.3 is 10.6 Å². The molecule has 0 bridgehead atoms. The van der Waals surface area contributed by atoms with Gasteiger partial charge in [-0.1, -0.05) is 37.1 Å². The van der Waals surface area contributed by atoms with Crippen LogP contribution in [0.2, 0.25) is 0 Å². The van der Waals surface area contributed by atoms with Gasteiger partial charge in [0.15, 0.2) is 0 Å². The molecule has 0 radical (unpaired) electrons. The van der Waals surface area contributed by atoms with Crippen LogP contribution in [0.3, 0.4) is 0 Å². The van der Waals surface area contributed by atoms with Crippen molar-refractivity contribution in [3.63, 3.8) is 0 Å². The predicted molar refractivity (Wildman–Crippen MR) is 116 cm³/mol. The smallest absolute Gasteiger partial charge is 0.251 e. The van der Waals surface area contributed by atoms with Crippen molar-refractivity contribution in [2.75, 3.05) is 0 Å². The van der Waals surface area contributed by atoms with E-state index in [0.29, 0.717) is 17.7 Å². The van der Waals surface area contributed by atoms with Crippen LogP contribution in [0.5, 0.6) is 0 Å². The fourth-order valence-corrected chi connectivity index (χ4v) is 3.95. The molecule has 30 heavy (non-hydrogen) atoms. The summed E-state index contributed by atoms with van der Waals surface area (Å²) in [6.45, 7) is 2.29. The molecule has 6 heteroatoms. The van der Waals surface area contributed by atoms with Gasteiger partial charge in [0.05, 0.1) is 6.20 Å². The number of hydrogen-bond donors (Lipinski definition) is 3. The molecule has 1 fully saturated rings. The molecule has 0 unspecified atom stereocenters. The van der Waals surface area contributed by atoms with Crippen molar-refractivity contribution in [2.45, 2.75) is 45.2 Å². The van der Waals surface area contributed by atoms with Crippen LogP contribution in [-0.4, -0.2) is 28.1 Å². The van der Waals surface area contributed by atoms with Crippen molar-refractivity contribution in [1.82, 2.24) is 20.8 Å². The lowest BCUT2D eigenvalue weighted by atomic mass is 10.0. The minimum absolute atomic E-state index is 0.0410. The SMILES string of the molecule is Cc1cc(-c2cn[nH]c2)ccc1C(=O)NCc1cccc(C(=O)NC2CCCC2)c1. The number of aryl methyl sites for hydroxylation is 1. The van der Waals surface area contributed by atoms with E-state index >= 15 is 0 Å². The molecule has 2 aromatic carbocycles. The van der Waals surface area contributed by atoms with E-state index in [-0.39, 0.29) is 17.9 Å². The van der Waals surface area contributed by atoms with Gasteiger partial charge in [-0.05, 0) is 54.7 Å². The summed E-state index contributed by atoms with van der Waals surface area (Å²) in [5.74, 6) is -0.173. The molecule has 6 nitrogen and oxygen atoms in total. The fourth-order valence-electron chi connectivity index (χ4n) is 3.95. The lowest BCUT2D eigenvalue weighted by Gasteiger charge is -2.13. The number of aromatic nitrogens is 2. The summed E-state index contributed by atoms with van der Waals surface area (Å²) in [7, 11) is 0. The highest BCUT2D eigenvalue weighted by molar-refractivity contribution is 5.96. The molecular weight excluding hydrogens is 376 g/mol. The summed E-state index contributed by atoms with van der Waals surface area (Å²) in [4.78, 5) is 25.2. The second kappa shape index (κ2) is 8.95. The van der Waals surface area contributed by atoms with E-state index in [1.54, 1.807) is 6.20 Å². The van der Waals surface area contributed by atoms with Gasteiger partial charge in [0.2, 0.25) is 0 Å². The highest BCUT2D eigenvalue weighted by Crippen LogP contribution is 2.21. The number of H-pyrrole nitrogens is 1. The average Bonchev–Trinajstić information content (AvgIpc) is 3.46. The normalized spacial score (nSPS) is 13.9. The van der Waals surface area contributed by atoms with Crippen molar-refractivity contribution in [2.24, 2.45) is 0 Å². The lowest BCUT2D eigenvalue weighted by Crippen LogP contribution is -2.32. The van der Waals surface area contributed by atoms with Crippen molar-refractivity contribution in [3.8, 4) is 11.1 Å². The molecule has 0 spiro atoms. The van der Waals surface area contributed by atoms with Crippen molar-refractivity contribution < 1.29 is 9.59 Å². The van der Waals surface area contributed by atoms with Gasteiger partial charge in [0, 0.05) is 35.5 Å². The number of amides is 2. The summed E-state index contributed by atoms with van der Waals surface area (Å²) >= 11 is 0. The maximum absolute atomic E-state index is 12.7. The number of carbonyl (C=O) groups is 2. The van der Waals surface area contributed by atoms with E-state index in [1.807, 2.05) is 55.6 Å². The average molecular weight is 402 g/mol. The van der Waals surface area contributed by atoms with Gasteiger partial charge in [-0.3, -0.25) is 14.7 Å². The Hall–Kier alpha value is -3.41. The molecule has 0 saturated heterocycles. The summed E-state index contributed by atoms with van der Waals surface area (Å²) < 4.78 is 0. The molecule has 0 aliphatic heterocycles. The molecule has 3 aromatic rings. The van der Waals surface area contributed by atoms with Gasteiger partial charge >= 0.3 is 0 Å². The highest BCUT2D eigenvalue weighted by atomic mass is 16.2. The van der Waals surface area contributed by atoms with E-state index in [9.17, 15) is 9.59 Å². The first-order valence-corrected chi connectivity index (χ1v) is 10.4. The van der Waals surface area contributed by atoms with Crippen LogP contribution in [-0.2, 0) is 6.54 Å². The monoisotopic (exact) mass is 402 g/mol. The van der Waals surface area contributed by atoms with Crippen molar-refractivity contribution in [3.05, 3.63) is 77.1 Å². The van der Waals surface area contributed by atoms with Crippen LogP contribution in [0, 0.1) is 6.92 Å². The van der Waals surface area contributed by atoms with E-state index < -0.39 is 0 Å². The van der Waals surface area contributed by atoms with E-state index in [0.717, 1.165) is 35.1 Å². The quantitative estimate of drug-likeness (QED) is 0.583. The van der Waals surface area contributed by atoms with Crippen LogP contribution >= 0.6 is 0 Å². The van der Waals surface area contributed by atoms with Gasteiger partial charge in [-0.2, -0.15) is 5.10 Å². The maximum Gasteiger partial charge on any atom is 0.251 e. The van der Waals surface area contributed by atoms with Crippen LogP contribution in [0.15, 0.2) is 54.9 Å². The maximum atomic E-state index is 12.7. The van der Waals surface area contributed by atoms with Crippen LogP contribution < -0.4 is 10.6 Å². The van der Waals surface area contributed by atoms with E-state index in [1.165, 1.54) is 12.8 Å². The molecule has 0 atom stereocenters. The molecule has 1 aliphatic rings. The van der Waals surface area contributed by atoms with E-state index in [4.69, 9.17) is 0 Å². The summed E-state index contributed by atoms with van der Waals surface area (Å²) in [6, 6.07) is 13.5. The van der Waals surface area contributed by atoms with Crippen molar-refractivity contribution >= 4 is 11.8 Å². The Morgan fingerprint density at radius 3 is 2.63 bits per heavy atom. The first-order valence-electron chi connectivity index (χ1n) is 10.4. The number of carbonyl (C=O) groups excluding carboxylic acids is 2. The molecule has 1 heterocycles. The molecular formula is C24H26N4O2. The number of nitrogens with one attached hydrogen (secondary N) is 3. The largest absolute Gasteiger partial charge is 0.349 e. The highest BCUT2D eigenvalue weighted by Gasteiger charge is 2.18. The van der Waals surface area contributed by atoms with Crippen LogP contribution in [0.4, 0.5) is 0 Å². The Labute approximate surface area is 176 Å². The molecule has 4 rings (SSSR count). The Bertz CT molecular complexity index is 1040. The Morgan fingerprint density at radius 1 is 1.07 bits per heavy atom. The first-order chi connectivity index (χ1) is 14.6. The second-order valence-electron chi connectivity index (χ2n) is 7.85. The Kier molecular flexibility index (Phi) is 5.93. The Morgan fingerprint density at radius 2 is 1.90 bits per heavy atom. The second-order valence-corrected chi connectivity index (χ2v) is 7.85. The Balaban J connectivity index is 1.38. The number of benzene rings is 2. The van der Waals surface area contributed by atoms with Crippen LogP contribution in [0.25, 0.3) is 11.1 Å². The van der Waals surface area contributed by atoms with Gasteiger partial charge in [0.1, 0.15) is 0 Å². The minimum Gasteiger partial charge on any atom is -0.349 e. The third kappa shape index (κ3) is 4.59. The third-order valence-corrected chi connectivity index (χ3v) is 5.64. The standard InChI is InChI=1S/C24H26N4O2/c1-16-11-18(20-14-26-27-15-20)9-10-22(16)24(30)25-13-17-5-4-6-19(12-17)23(29)28-21-7-2-3-8-21/h4-6,9-12,14-15,21H,2-3,7-8,13H2,1H3,(H,25,30)(H,26,27)(H,28,29). The van der Waals surface area contributed by atoms with Gasteiger partial charge in [-0.25, -0.2) is 0 Å². The summed E-state index contributed by atoms with van der Waals surface area (Å²) in [5.41, 5.74) is 5.06. The summed E-state index contributed by atoms with van der Waals surface area (Å²) in [5, 5.41) is 12.8. The molecule has 154 valence electrons. The topological polar surface area (TPSA) is 86.9 Å². The van der Waals surface area contributed by atoms with E-state index in [2.05, 4.69) is 20.8 Å². The minimum atomic E-state index is -0.132. The molecule has 1 aromatic heterocycles. The van der Waals surface area contributed by atoms with Gasteiger partial charge in [-0.15, -0.1) is 0 Å². The zero-order valence-electron chi connectivity index (χ0n) is 17.1.